The average molecular weight is 766 g/mol. The van der Waals surface area contributed by atoms with Crippen molar-refractivity contribution < 1.29 is 0 Å². The number of benzene rings is 8. The van der Waals surface area contributed by atoms with Gasteiger partial charge < -0.3 is 0 Å². The van der Waals surface area contributed by atoms with Gasteiger partial charge in [0.1, 0.15) is 0 Å². The van der Waals surface area contributed by atoms with Crippen LogP contribution in [0.4, 0.5) is 0 Å². The van der Waals surface area contributed by atoms with E-state index in [9.17, 15) is 0 Å². The topological polar surface area (TPSA) is 38.7 Å². The molecule has 4 atom stereocenters. The molecule has 0 bridgehead atoms. The van der Waals surface area contributed by atoms with Crippen LogP contribution in [-0.2, 0) is 5.41 Å². The first-order valence-electron chi connectivity index (χ1n) is 21.2. The Labute approximate surface area is 349 Å². The summed E-state index contributed by atoms with van der Waals surface area (Å²) in [5.41, 5.74) is 18.6. The van der Waals surface area contributed by atoms with Gasteiger partial charge in [-0.15, -0.1) is 0 Å². The molecule has 0 fully saturated rings. The first-order chi connectivity index (χ1) is 29.6. The lowest BCUT2D eigenvalue weighted by Gasteiger charge is -2.37. The fraction of sp³-hybridized carbons (Fsp3) is 0.105. The van der Waals surface area contributed by atoms with Crippen molar-refractivity contribution >= 4 is 10.8 Å². The van der Waals surface area contributed by atoms with E-state index in [-0.39, 0.29) is 5.41 Å². The van der Waals surface area contributed by atoms with Gasteiger partial charge in [-0.3, -0.25) is 0 Å². The summed E-state index contributed by atoms with van der Waals surface area (Å²) in [4.78, 5) is 15.9. The van der Waals surface area contributed by atoms with Crippen molar-refractivity contribution in [2.45, 2.75) is 30.6 Å². The Morgan fingerprint density at radius 1 is 0.433 bits per heavy atom. The van der Waals surface area contributed by atoms with E-state index in [4.69, 9.17) is 15.0 Å². The Hall–Kier alpha value is -7.23. The van der Waals surface area contributed by atoms with Crippen LogP contribution >= 0.6 is 0 Å². The third-order valence-corrected chi connectivity index (χ3v) is 14.2. The van der Waals surface area contributed by atoms with Crippen molar-refractivity contribution in [2.24, 2.45) is 5.92 Å². The maximum absolute atomic E-state index is 5.32. The molecule has 4 aliphatic rings. The highest BCUT2D eigenvalue weighted by molar-refractivity contribution is 6.18. The molecule has 0 N–H and O–H groups in total. The van der Waals surface area contributed by atoms with Crippen molar-refractivity contribution in [3.63, 3.8) is 0 Å². The molecule has 0 amide bonds. The van der Waals surface area contributed by atoms with Crippen molar-refractivity contribution in [3.8, 4) is 78.7 Å². The zero-order chi connectivity index (χ0) is 39.5. The van der Waals surface area contributed by atoms with Gasteiger partial charge in [0.15, 0.2) is 17.5 Å². The molecule has 0 aliphatic heterocycles. The summed E-state index contributed by atoms with van der Waals surface area (Å²) in [6, 6.07) is 64.0. The van der Waals surface area contributed by atoms with E-state index < -0.39 is 0 Å². The summed E-state index contributed by atoms with van der Waals surface area (Å²) in [6.07, 6.45) is 6.02. The molecule has 4 unspecified atom stereocenters. The Morgan fingerprint density at radius 2 is 1.02 bits per heavy atom. The van der Waals surface area contributed by atoms with Gasteiger partial charge >= 0.3 is 0 Å². The highest BCUT2D eigenvalue weighted by Gasteiger charge is 2.57. The van der Waals surface area contributed by atoms with Gasteiger partial charge in [0.2, 0.25) is 0 Å². The van der Waals surface area contributed by atoms with Gasteiger partial charge in [-0.25, -0.2) is 15.0 Å². The number of aromatic nitrogens is 3. The van der Waals surface area contributed by atoms with Crippen molar-refractivity contribution in [2.75, 3.05) is 0 Å². The van der Waals surface area contributed by atoms with Crippen LogP contribution in [0.3, 0.4) is 0 Å². The van der Waals surface area contributed by atoms with Crippen molar-refractivity contribution in [1.29, 1.82) is 0 Å². The first kappa shape index (κ1) is 33.7. The lowest BCUT2D eigenvalue weighted by Crippen LogP contribution is -2.32. The molecule has 0 spiro atoms. The second-order valence-corrected chi connectivity index (χ2v) is 17.2. The third kappa shape index (κ3) is 4.75. The summed E-state index contributed by atoms with van der Waals surface area (Å²) in [5.74, 6) is 3.47. The number of fused-ring (bicyclic) bond motifs is 9. The second kappa shape index (κ2) is 12.6. The minimum atomic E-state index is -0.0716. The molecular weight excluding hydrogens is 727 g/mol. The highest BCUT2D eigenvalue weighted by Crippen LogP contribution is 2.66. The molecule has 282 valence electrons. The summed E-state index contributed by atoms with van der Waals surface area (Å²) in [6.45, 7) is 2.46. The maximum atomic E-state index is 5.32. The van der Waals surface area contributed by atoms with Crippen LogP contribution in [0.25, 0.3) is 89.4 Å². The van der Waals surface area contributed by atoms with Gasteiger partial charge in [0, 0.05) is 28.0 Å². The van der Waals surface area contributed by atoms with Crippen LogP contribution < -0.4 is 0 Å². The molecule has 9 aromatic rings. The minimum Gasteiger partial charge on any atom is -0.208 e. The largest absolute Gasteiger partial charge is 0.208 e. The number of hydrogen-bond acceptors (Lipinski definition) is 3. The second-order valence-electron chi connectivity index (χ2n) is 17.2. The highest BCUT2D eigenvalue weighted by atomic mass is 15.0. The number of rotatable bonds is 5. The number of nitrogens with zero attached hydrogens (tertiary/aromatic N) is 3. The van der Waals surface area contributed by atoms with E-state index in [1.807, 2.05) is 0 Å². The van der Waals surface area contributed by atoms with Crippen molar-refractivity contribution in [3.05, 3.63) is 210 Å². The van der Waals surface area contributed by atoms with Crippen LogP contribution in [0, 0.1) is 5.92 Å². The van der Waals surface area contributed by atoms with Crippen LogP contribution in [0.1, 0.15) is 47.4 Å². The van der Waals surface area contributed by atoms with E-state index in [2.05, 4.69) is 195 Å². The quantitative estimate of drug-likeness (QED) is 0.164. The monoisotopic (exact) mass is 765 g/mol. The minimum absolute atomic E-state index is 0.0716. The lowest BCUT2D eigenvalue weighted by atomic mass is 9.66. The fourth-order valence-electron chi connectivity index (χ4n) is 11.6. The molecular formula is C57H39N3. The zero-order valence-electron chi connectivity index (χ0n) is 33.2. The molecule has 0 saturated heterocycles. The van der Waals surface area contributed by atoms with E-state index >= 15 is 0 Å². The van der Waals surface area contributed by atoms with E-state index in [0.717, 1.165) is 34.2 Å². The van der Waals surface area contributed by atoms with Gasteiger partial charge in [0.05, 0.1) is 0 Å². The molecule has 1 heterocycles. The summed E-state index contributed by atoms with van der Waals surface area (Å²) in [7, 11) is 0. The van der Waals surface area contributed by atoms with E-state index in [1.165, 1.54) is 66.4 Å². The summed E-state index contributed by atoms with van der Waals surface area (Å²) < 4.78 is 0. The Kier molecular flexibility index (Phi) is 7.10. The van der Waals surface area contributed by atoms with Gasteiger partial charge in [0.25, 0.3) is 0 Å². The molecule has 3 nitrogen and oxygen atoms in total. The Bertz CT molecular complexity index is 3240. The molecule has 4 aliphatic carbocycles. The van der Waals surface area contributed by atoms with E-state index in [0.29, 0.717) is 35.2 Å². The van der Waals surface area contributed by atoms with Crippen molar-refractivity contribution in [1.82, 2.24) is 15.0 Å². The molecule has 0 saturated carbocycles. The summed E-state index contributed by atoms with van der Waals surface area (Å²) >= 11 is 0. The van der Waals surface area contributed by atoms with Gasteiger partial charge in [-0.2, -0.15) is 0 Å². The van der Waals surface area contributed by atoms with Gasteiger partial charge in [-0.1, -0.05) is 189 Å². The van der Waals surface area contributed by atoms with Crippen LogP contribution in [0.5, 0.6) is 0 Å². The SMILES string of the molecule is CC12C=CCC3c4ccccc4C(c4ccc(-c5nc(-c6ccc(-c7ccc8c9c(cccc79)-c7ccccc7-8)cc6)nc(-c6ccccc6-c6ccccc6)n5)cc41)C32. The molecule has 60 heavy (non-hydrogen) atoms. The van der Waals surface area contributed by atoms with Crippen LogP contribution in [0.2, 0.25) is 0 Å². The zero-order valence-corrected chi connectivity index (χ0v) is 33.2. The molecule has 0 radical (unpaired) electrons. The molecule has 13 rings (SSSR count). The number of hydrogen-bond donors (Lipinski definition) is 0. The molecule has 1 aromatic heterocycles. The predicted molar refractivity (Wildman–Crippen MR) is 245 cm³/mol. The average Bonchev–Trinajstić information content (AvgIpc) is 3.93. The lowest BCUT2D eigenvalue weighted by molar-refractivity contribution is 0.308. The van der Waals surface area contributed by atoms with Crippen LogP contribution in [-0.4, -0.2) is 15.0 Å². The van der Waals surface area contributed by atoms with Crippen LogP contribution in [0.15, 0.2) is 188 Å². The Morgan fingerprint density at radius 3 is 1.82 bits per heavy atom. The molecule has 3 heteroatoms. The third-order valence-electron chi connectivity index (χ3n) is 14.2. The summed E-state index contributed by atoms with van der Waals surface area (Å²) in [5, 5.41) is 2.60. The predicted octanol–water partition coefficient (Wildman–Crippen LogP) is 14.1. The first-order valence-corrected chi connectivity index (χ1v) is 21.2. The van der Waals surface area contributed by atoms with Gasteiger partial charge in [-0.05, 0) is 102 Å². The maximum Gasteiger partial charge on any atom is 0.164 e. The van der Waals surface area contributed by atoms with E-state index in [1.54, 1.807) is 0 Å². The smallest absolute Gasteiger partial charge is 0.164 e. The Balaban J connectivity index is 0.953. The number of allylic oxidation sites excluding steroid dienone is 2. The fourth-order valence-corrected chi connectivity index (χ4v) is 11.6. The standard InChI is InChI=1S/C57H39N3/c1-57-32-12-23-47-42-18-8-9-19-45(42)52(53(47)57)49-29-28-37(33-50(49)57)55-58-54(59-56(60-55)48-20-10-5-15-38(48)34-13-3-2-4-14-34)36-26-24-35(25-27-36)39-30-31-46-41-17-7-6-16-40(41)44-22-11-21-43(39)51(44)46/h2-22,24-33,47,52-53H,23H2,1H3. The normalized spacial score (nSPS) is 19.9. The molecule has 8 aromatic carbocycles.